The molecule has 3 rings (SSSR count). The molecule has 1 N–H and O–H groups in total. The maximum absolute atomic E-state index is 4.35. The Kier molecular flexibility index (Phi) is 3.36. The van der Waals surface area contributed by atoms with Crippen LogP contribution in [0.2, 0.25) is 0 Å². The van der Waals surface area contributed by atoms with Gasteiger partial charge < -0.3 is 5.32 Å². The van der Waals surface area contributed by atoms with E-state index in [0.29, 0.717) is 0 Å². The van der Waals surface area contributed by atoms with Crippen LogP contribution < -0.4 is 5.32 Å². The first kappa shape index (κ1) is 11.6. The summed E-state index contributed by atoms with van der Waals surface area (Å²) in [6, 6.07) is 10.2. The average Bonchev–Trinajstić information content (AvgIpc) is 2.97. The summed E-state index contributed by atoms with van der Waals surface area (Å²) >= 11 is 0. The first-order valence-corrected chi connectivity index (χ1v) is 6.35. The van der Waals surface area contributed by atoms with Gasteiger partial charge in [-0.25, -0.2) is 0 Å². The van der Waals surface area contributed by atoms with Crippen LogP contribution >= 0.6 is 0 Å². The third-order valence-corrected chi connectivity index (χ3v) is 3.00. The number of nitrogens with zero attached hydrogens (tertiary/aromatic N) is 4. The van der Waals surface area contributed by atoms with Gasteiger partial charge in [-0.2, -0.15) is 0 Å². The van der Waals surface area contributed by atoms with Crippen molar-refractivity contribution in [3.8, 4) is 0 Å². The lowest BCUT2D eigenvalue weighted by Gasteiger charge is -2.09. The van der Waals surface area contributed by atoms with Crippen LogP contribution in [0.1, 0.15) is 6.42 Å². The van der Waals surface area contributed by atoms with Crippen LogP contribution in [0.15, 0.2) is 48.9 Å². The van der Waals surface area contributed by atoms with E-state index in [4.69, 9.17) is 0 Å². The predicted molar refractivity (Wildman–Crippen MR) is 74.9 cm³/mol. The molecule has 1 aromatic carbocycles. The molecular weight excluding hydrogens is 238 g/mol. The number of fused-ring (bicyclic) bond motifs is 1. The SMILES string of the molecule is c1ccc2c(NCCCn3ccnn3)ccnc2c1. The zero-order chi connectivity index (χ0) is 12.9. The lowest BCUT2D eigenvalue weighted by molar-refractivity contribution is 0.570. The number of nitrogens with one attached hydrogen (secondary N) is 1. The molecule has 0 radical (unpaired) electrons. The molecular formula is C14H15N5. The van der Waals surface area contributed by atoms with Crippen molar-refractivity contribution < 1.29 is 0 Å². The second-order valence-corrected chi connectivity index (χ2v) is 4.32. The van der Waals surface area contributed by atoms with Gasteiger partial charge in [0.25, 0.3) is 0 Å². The number of para-hydroxylation sites is 1. The van der Waals surface area contributed by atoms with Gasteiger partial charge in [0.05, 0.1) is 11.7 Å². The quantitative estimate of drug-likeness (QED) is 0.709. The summed E-state index contributed by atoms with van der Waals surface area (Å²) < 4.78 is 1.84. The van der Waals surface area contributed by atoms with Crippen LogP contribution in [0.3, 0.4) is 0 Å². The summed E-state index contributed by atoms with van der Waals surface area (Å²) in [5.41, 5.74) is 2.15. The summed E-state index contributed by atoms with van der Waals surface area (Å²) in [5.74, 6) is 0. The average molecular weight is 253 g/mol. The van der Waals surface area contributed by atoms with Crippen molar-refractivity contribution in [2.24, 2.45) is 0 Å². The minimum atomic E-state index is 0.871. The van der Waals surface area contributed by atoms with Crippen molar-refractivity contribution in [2.75, 3.05) is 11.9 Å². The summed E-state index contributed by atoms with van der Waals surface area (Å²) in [4.78, 5) is 4.35. The molecule has 2 aromatic heterocycles. The molecule has 0 aliphatic heterocycles. The van der Waals surface area contributed by atoms with E-state index in [9.17, 15) is 0 Å². The van der Waals surface area contributed by atoms with Gasteiger partial charge in [-0.1, -0.05) is 23.4 Å². The number of benzene rings is 1. The lowest BCUT2D eigenvalue weighted by atomic mass is 10.2. The molecule has 0 amide bonds. The Balaban J connectivity index is 1.62. The van der Waals surface area contributed by atoms with Gasteiger partial charge >= 0.3 is 0 Å². The van der Waals surface area contributed by atoms with E-state index >= 15 is 0 Å². The number of rotatable bonds is 5. The van der Waals surface area contributed by atoms with Crippen LogP contribution in [-0.2, 0) is 6.54 Å². The molecule has 0 atom stereocenters. The number of hydrogen-bond acceptors (Lipinski definition) is 4. The molecule has 96 valence electrons. The number of anilines is 1. The van der Waals surface area contributed by atoms with E-state index in [2.05, 4.69) is 26.7 Å². The van der Waals surface area contributed by atoms with Gasteiger partial charge in [-0.05, 0) is 18.6 Å². The zero-order valence-corrected chi connectivity index (χ0v) is 10.5. The molecule has 2 heterocycles. The molecule has 19 heavy (non-hydrogen) atoms. The van der Waals surface area contributed by atoms with E-state index in [1.54, 1.807) is 6.20 Å². The first-order valence-electron chi connectivity index (χ1n) is 6.35. The smallest absolute Gasteiger partial charge is 0.0722 e. The van der Waals surface area contributed by atoms with Crippen LogP contribution in [-0.4, -0.2) is 26.5 Å². The fourth-order valence-corrected chi connectivity index (χ4v) is 2.07. The topological polar surface area (TPSA) is 55.6 Å². The molecule has 5 nitrogen and oxygen atoms in total. The normalized spacial score (nSPS) is 10.7. The van der Waals surface area contributed by atoms with E-state index in [-0.39, 0.29) is 0 Å². The maximum Gasteiger partial charge on any atom is 0.0722 e. The van der Waals surface area contributed by atoms with Crippen LogP contribution in [0.5, 0.6) is 0 Å². The molecule has 0 aliphatic carbocycles. The molecule has 0 unspecified atom stereocenters. The Morgan fingerprint density at radius 3 is 2.95 bits per heavy atom. The zero-order valence-electron chi connectivity index (χ0n) is 10.5. The Morgan fingerprint density at radius 1 is 1.11 bits per heavy atom. The van der Waals surface area contributed by atoms with Crippen LogP contribution in [0.4, 0.5) is 5.69 Å². The predicted octanol–water partition coefficient (Wildman–Crippen LogP) is 2.33. The van der Waals surface area contributed by atoms with Crippen molar-refractivity contribution in [1.29, 1.82) is 0 Å². The molecule has 0 aliphatic rings. The minimum absolute atomic E-state index is 0.871. The number of aryl methyl sites for hydroxylation is 1. The second-order valence-electron chi connectivity index (χ2n) is 4.32. The fraction of sp³-hybridized carbons (Fsp3) is 0.214. The number of hydrogen-bond donors (Lipinski definition) is 1. The van der Waals surface area contributed by atoms with Crippen LogP contribution in [0.25, 0.3) is 10.9 Å². The highest BCUT2D eigenvalue weighted by Gasteiger charge is 2.00. The van der Waals surface area contributed by atoms with Crippen LogP contribution in [0, 0.1) is 0 Å². The van der Waals surface area contributed by atoms with Gasteiger partial charge in [0.1, 0.15) is 0 Å². The monoisotopic (exact) mass is 253 g/mol. The van der Waals surface area contributed by atoms with Crippen molar-refractivity contribution in [1.82, 2.24) is 20.0 Å². The van der Waals surface area contributed by atoms with Crippen molar-refractivity contribution in [3.05, 3.63) is 48.9 Å². The van der Waals surface area contributed by atoms with E-state index < -0.39 is 0 Å². The second kappa shape index (κ2) is 5.48. The lowest BCUT2D eigenvalue weighted by Crippen LogP contribution is -2.07. The molecule has 5 heteroatoms. The van der Waals surface area contributed by atoms with Gasteiger partial charge in [-0.3, -0.25) is 9.67 Å². The van der Waals surface area contributed by atoms with Gasteiger partial charge in [0, 0.05) is 36.6 Å². The Bertz CT molecular complexity index is 643. The number of aromatic nitrogens is 4. The summed E-state index contributed by atoms with van der Waals surface area (Å²) in [6.07, 6.45) is 6.41. The molecule has 3 aromatic rings. The fourth-order valence-electron chi connectivity index (χ4n) is 2.07. The number of pyridine rings is 1. The van der Waals surface area contributed by atoms with Gasteiger partial charge in [0.15, 0.2) is 0 Å². The Hall–Kier alpha value is -2.43. The van der Waals surface area contributed by atoms with Gasteiger partial charge in [-0.15, -0.1) is 5.10 Å². The highest BCUT2D eigenvalue weighted by molar-refractivity contribution is 5.90. The van der Waals surface area contributed by atoms with Gasteiger partial charge in [0.2, 0.25) is 0 Å². The molecule has 0 saturated carbocycles. The third-order valence-electron chi connectivity index (χ3n) is 3.00. The summed E-state index contributed by atoms with van der Waals surface area (Å²) in [5, 5.41) is 12.3. The van der Waals surface area contributed by atoms with E-state index in [0.717, 1.165) is 36.1 Å². The Morgan fingerprint density at radius 2 is 2.05 bits per heavy atom. The van der Waals surface area contributed by atoms with Crippen molar-refractivity contribution in [3.63, 3.8) is 0 Å². The van der Waals surface area contributed by atoms with E-state index in [1.807, 2.05) is 41.3 Å². The highest BCUT2D eigenvalue weighted by Crippen LogP contribution is 2.20. The molecule has 0 bridgehead atoms. The summed E-state index contributed by atoms with van der Waals surface area (Å²) in [6.45, 7) is 1.77. The summed E-state index contributed by atoms with van der Waals surface area (Å²) in [7, 11) is 0. The minimum Gasteiger partial charge on any atom is -0.384 e. The molecule has 0 fully saturated rings. The molecule has 0 spiro atoms. The van der Waals surface area contributed by atoms with Crippen molar-refractivity contribution >= 4 is 16.6 Å². The maximum atomic E-state index is 4.35. The largest absolute Gasteiger partial charge is 0.384 e. The standard InChI is InChI=1S/C14H15N5/c1-2-5-13-12(4-1)14(6-8-16-13)15-7-3-10-19-11-9-17-18-19/h1-2,4-6,8-9,11H,3,7,10H2,(H,15,16). The first-order chi connectivity index (χ1) is 9.43. The third kappa shape index (κ3) is 2.70. The molecule has 0 saturated heterocycles. The highest BCUT2D eigenvalue weighted by atomic mass is 15.4. The van der Waals surface area contributed by atoms with Crippen molar-refractivity contribution in [2.45, 2.75) is 13.0 Å². The Labute approximate surface area is 111 Å². The van der Waals surface area contributed by atoms with E-state index in [1.165, 1.54) is 0 Å².